The molecular formula is C20H22N8. The fourth-order valence-electron chi connectivity index (χ4n) is 3.94. The van der Waals surface area contributed by atoms with Gasteiger partial charge in [-0.25, -0.2) is 14.6 Å². The summed E-state index contributed by atoms with van der Waals surface area (Å²) in [6, 6.07) is 10.1. The summed E-state index contributed by atoms with van der Waals surface area (Å²) in [6.45, 7) is 1.95. The Morgan fingerprint density at radius 3 is 2.64 bits per heavy atom. The van der Waals surface area contributed by atoms with Crippen LogP contribution >= 0.6 is 0 Å². The molecule has 142 valence electrons. The number of benzene rings is 1. The lowest BCUT2D eigenvalue weighted by Crippen LogP contribution is -2.35. The SMILES string of the molecule is Cn1cnnc1CC1CCN(c2ncnc3c2cnn3-c2ccccc2)CC1. The molecule has 0 N–H and O–H groups in total. The Balaban J connectivity index is 1.36. The van der Waals surface area contributed by atoms with E-state index >= 15 is 0 Å². The zero-order chi connectivity index (χ0) is 18.9. The Bertz CT molecular complexity index is 1080. The molecule has 8 nitrogen and oxygen atoms in total. The van der Waals surface area contributed by atoms with E-state index in [0.29, 0.717) is 5.92 Å². The third-order valence-electron chi connectivity index (χ3n) is 5.54. The lowest BCUT2D eigenvalue weighted by molar-refractivity contribution is 0.392. The van der Waals surface area contributed by atoms with Crippen molar-refractivity contribution in [1.29, 1.82) is 0 Å². The van der Waals surface area contributed by atoms with Gasteiger partial charge < -0.3 is 9.47 Å². The summed E-state index contributed by atoms with van der Waals surface area (Å²) >= 11 is 0. The molecule has 1 saturated heterocycles. The van der Waals surface area contributed by atoms with E-state index in [-0.39, 0.29) is 0 Å². The number of fused-ring (bicyclic) bond motifs is 1. The van der Waals surface area contributed by atoms with E-state index in [0.717, 1.165) is 60.7 Å². The minimum absolute atomic E-state index is 0.628. The normalized spacial score (nSPS) is 15.4. The number of aromatic nitrogens is 7. The number of aryl methyl sites for hydroxylation is 1. The molecule has 1 fully saturated rings. The second-order valence-electron chi connectivity index (χ2n) is 7.32. The highest BCUT2D eigenvalue weighted by atomic mass is 15.3. The Morgan fingerprint density at radius 2 is 1.89 bits per heavy atom. The molecule has 0 unspecified atom stereocenters. The summed E-state index contributed by atoms with van der Waals surface area (Å²) in [5.74, 6) is 2.67. The number of nitrogens with zero attached hydrogens (tertiary/aromatic N) is 8. The molecular weight excluding hydrogens is 352 g/mol. The minimum atomic E-state index is 0.628. The van der Waals surface area contributed by atoms with Crippen LogP contribution in [0.25, 0.3) is 16.7 Å². The Hall–Kier alpha value is -3.29. The Labute approximate surface area is 162 Å². The molecule has 1 aliphatic heterocycles. The molecule has 1 aliphatic rings. The van der Waals surface area contributed by atoms with E-state index in [9.17, 15) is 0 Å². The summed E-state index contributed by atoms with van der Waals surface area (Å²) < 4.78 is 3.89. The van der Waals surface area contributed by atoms with Gasteiger partial charge in [-0.05, 0) is 30.9 Å². The first-order valence-corrected chi connectivity index (χ1v) is 9.61. The second-order valence-corrected chi connectivity index (χ2v) is 7.32. The van der Waals surface area contributed by atoms with Crippen LogP contribution in [0.1, 0.15) is 18.7 Å². The lowest BCUT2D eigenvalue weighted by atomic mass is 9.93. The molecule has 4 heterocycles. The third-order valence-corrected chi connectivity index (χ3v) is 5.54. The van der Waals surface area contributed by atoms with Crippen molar-refractivity contribution in [2.45, 2.75) is 19.3 Å². The van der Waals surface area contributed by atoms with E-state index in [2.05, 4.69) is 30.2 Å². The molecule has 0 saturated carbocycles. The highest BCUT2D eigenvalue weighted by molar-refractivity contribution is 5.87. The summed E-state index contributed by atoms with van der Waals surface area (Å²) in [5.41, 5.74) is 1.85. The van der Waals surface area contributed by atoms with Crippen LogP contribution < -0.4 is 4.90 Å². The predicted molar refractivity (Wildman–Crippen MR) is 106 cm³/mol. The highest BCUT2D eigenvalue weighted by Crippen LogP contribution is 2.29. The van der Waals surface area contributed by atoms with E-state index in [1.807, 2.05) is 52.8 Å². The van der Waals surface area contributed by atoms with Crippen LogP contribution in [-0.4, -0.2) is 47.6 Å². The summed E-state index contributed by atoms with van der Waals surface area (Å²) in [4.78, 5) is 11.4. The molecule has 0 aliphatic carbocycles. The van der Waals surface area contributed by atoms with Crippen molar-refractivity contribution in [3.05, 3.63) is 55.0 Å². The fraction of sp³-hybridized carbons (Fsp3) is 0.350. The maximum atomic E-state index is 4.59. The monoisotopic (exact) mass is 374 g/mol. The molecule has 8 heteroatoms. The predicted octanol–water partition coefficient (Wildman–Crippen LogP) is 2.40. The van der Waals surface area contributed by atoms with Crippen molar-refractivity contribution in [2.24, 2.45) is 13.0 Å². The van der Waals surface area contributed by atoms with E-state index in [1.54, 1.807) is 12.7 Å². The average Bonchev–Trinajstić information content (AvgIpc) is 3.35. The van der Waals surface area contributed by atoms with Gasteiger partial charge in [0.1, 0.15) is 24.3 Å². The van der Waals surface area contributed by atoms with Gasteiger partial charge in [0.15, 0.2) is 5.65 Å². The largest absolute Gasteiger partial charge is 0.356 e. The molecule has 4 aromatic rings. The van der Waals surface area contributed by atoms with Crippen LogP contribution in [0.3, 0.4) is 0 Å². The molecule has 3 aromatic heterocycles. The number of hydrogen-bond donors (Lipinski definition) is 0. The van der Waals surface area contributed by atoms with Crippen molar-refractivity contribution in [3.63, 3.8) is 0 Å². The van der Waals surface area contributed by atoms with Gasteiger partial charge in [-0.15, -0.1) is 10.2 Å². The van der Waals surface area contributed by atoms with Crippen LogP contribution in [0.4, 0.5) is 5.82 Å². The minimum Gasteiger partial charge on any atom is -0.356 e. The van der Waals surface area contributed by atoms with Crippen LogP contribution in [0.15, 0.2) is 49.2 Å². The van der Waals surface area contributed by atoms with Gasteiger partial charge in [-0.1, -0.05) is 18.2 Å². The number of anilines is 1. The van der Waals surface area contributed by atoms with E-state index in [4.69, 9.17) is 0 Å². The molecule has 5 rings (SSSR count). The lowest BCUT2D eigenvalue weighted by Gasteiger charge is -2.32. The third kappa shape index (κ3) is 3.00. The molecule has 0 bridgehead atoms. The number of hydrogen-bond acceptors (Lipinski definition) is 6. The van der Waals surface area contributed by atoms with E-state index < -0.39 is 0 Å². The molecule has 0 spiro atoms. The van der Waals surface area contributed by atoms with Gasteiger partial charge in [0, 0.05) is 26.6 Å². The van der Waals surface area contributed by atoms with Crippen LogP contribution in [-0.2, 0) is 13.5 Å². The number of piperidine rings is 1. The quantitative estimate of drug-likeness (QED) is 0.546. The zero-order valence-corrected chi connectivity index (χ0v) is 15.8. The molecule has 28 heavy (non-hydrogen) atoms. The van der Waals surface area contributed by atoms with Crippen molar-refractivity contribution < 1.29 is 0 Å². The fourth-order valence-corrected chi connectivity index (χ4v) is 3.94. The van der Waals surface area contributed by atoms with Gasteiger partial charge in [-0.2, -0.15) is 5.10 Å². The van der Waals surface area contributed by atoms with Gasteiger partial charge in [0.05, 0.1) is 17.3 Å². The van der Waals surface area contributed by atoms with Crippen LogP contribution in [0.2, 0.25) is 0 Å². The van der Waals surface area contributed by atoms with Crippen molar-refractivity contribution >= 4 is 16.9 Å². The maximum Gasteiger partial charge on any atom is 0.168 e. The van der Waals surface area contributed by atoms with Crippen molar-refractivity contribution in [2.75, 3.05) is 18.0 Å². The molecule has 1 aromatic carbocycles. The average molecular weight is 374 g/mol. The van der Waals surface area contributed by atoms with Gasteiger partial charge in [-0.3, -0.25) is 0 Å². The first kappa shape index (κ1) is 16.9. The standard InChI is InChI=1S/C20H22N8/c1-26-14-23-25-18(26)11-15-7-9-27(10-8-15)19-17-12-24-28(20(17)22-13-21-19)16-5-3-2-4-6-16/h2-6,12-15H,7-11H2,1H3. The zero-order valence-electron chi connectivity index (χ0n) is 15.8. The summed E-state index contributed by atoms with van der Waals surface area (Å²) in [6.07, 6.45) is 8.51. The Morgan fingerprint density at radius 1 is 1.07 bits per heavy atom. The first-order valence-electron chi connectivity index (χ1n) is 9.61. The smallest absolute Gasteiger partial charge is 0.168 e. The van der Waals surface area contributed by atoms with Gasteiger partial charge in [0.2, 0.25) is 0 Å². The maximum absolute atomic E-state index is 4.59. The van der Waals surface area contributed by atoms with E-state index in [1.165, 1.54) is 0 Å². The van der Waals surface area contributed by atoms with Crippen LogP contribution in [0, 0.1) is 5.92 Å². The van der Waals surface area contributed by atoms with Crippen molar-refractivity contribution in [3.8, 4) is 5.69 Å². The van der Waals surface area contributed by atoms with Gasteiger partial charge in [0.25, 0.3) is 0 Å². The second kappa shape index (κ2) is 7.03. The first-order chi connectivity index (χ1) is 13.8. The molecule has 0 amide bonds. The number of para-hydroxylation sites is 1. The van der Waals surface area contributed by atoms with Crippen molar-refractivity contribution in [1.82, 2.24) is 34.5 Å². The van der Waals surface area contributed by atoms with Gasteiger partial charge >= 0.3 is 0 Å². The topological polar surface area (TPSA) is 77.6 Å². The Kier molecular flexibility index (Phi) is 4.23. The molecule has 0 radical (unpaired) electrons. The summed E-state index contributed by atoms with van der Waals surface area (Å²) in [7, 11) is 2.01. The summed E-state index contributed by atoms with van der Waals surface area (Å²) in [5, 5.41) is 13.8. The number of rotatable bonds is 4. The van der Waals surface area contributed by atoms with Crippen LogP contribution in [0.5, 0.6) is 0 Å². The highest BCUT2D eigenvalue weighted by Gasteiger charge is 2.24. The molecule has 0 atom stereocenters.